The topological polar surface area (TPSA) is 56.6 Å². The molecule has 0 radical (unpaired) electrons. The molecule has 0 aliphatic carbocycles. The van der Waals surface area contributed by atoms with Crippen molar-refractivity contribution >= 4 is 5.91 Å². The summed E-state index contributed by atoms with van der Waals surface area (Å²) in [7, 11) is 3.34. The highest BCUT2D eigenvalue weighted by atomic mass is 19.1. The van der Waals surface area contributed by atoms with E-state index in [1.165, 1.54) is 12.1 Å². The van der Waals surface area contributed by atoms with Crippen molar-refractivity contribution in [2.75, 3.05) is 27.3 Å². The van der Waals surface area contributed by atoms with Crippen LogP contribution in [0.2, 0.25) is 0 Å². The molecular formula is C22H24FN3O3. The lowest BCUT2D eigenvalue weighted by Gasteiger charge is -2.18. The highest BCUT2D eigenvalue weighted by Gasteiger charge is 2.22. The fraction of sp³-hybridized carbons (Fsp3) is 0.273. The van der Waals surface area contributed by atoms with Crippen LogP contribution in [0.1, 0.15) is 21.7 Å². The van der Waals surface area contributed by atoms with E-state index in [0.717, 1.165) is 5.75 Å². The minimum atomic E-state index is -0.317. The first-order chi connectivity index (χ1) is 13.9. The van der Waals surface area contributed by atoms with Gasteiger partial charge in [-0.1, -0.05) is 0 Å². The Morgan fingerprint density at radius 3 is 2.31 bits per heavy atom. The van der Waals surface area contributed by atoms with Crippen molar-refractivity contribution in [1.29, 1.82) is 0 Å². The number of ether oxygens (including phenoxy) is 2. The van der Waals surface area contributed by atoms with E-state index in [1.807, 2.05) is 31.2 Å². The summed E-state index contributed by atoms with van der Waals surface area (Å²) in [6.07, 6.45) is 0. The molecule has 0 spiro atoms. The van der Waals surface area contributed by atoms with Crippen molar-refractivity contribution in [3.8, 4) is 17.2 Å². The SMILES string of the molecule is COc1ccc(OCCN(C)C(=O)c2c(C)nn(-c3ccc(F)cc3)c2C)cc1. The van der Waals surface area contributed by atoms with E-state index in [4.69, 9.17) is 9.47 Å². The molecule has 1 aromatic heterocycles. The minimum absolute atomic E-state index is 0.133. The molecule has 1 heterocycles. The van der Waals surface area contributed by atoms with Crippen LogP contribution in [0.25, 0.3) is 5.69 Å². The van der Waals surface area contributed by atoms with Crippen LogP contribution in [0.4, 0.5) is 4.39 Å². The van der Waals surface area contributed by atoms with Crippen molar-refractivity contribution in [1.82, 2.24) is 14.7 Å². The number of hydrogen-bond donors (Lipinski definition) is 0. The lowest BCUT2D eigenvalue weighted by atomic mass is 10.1. The van der Waals surface area contributed by atoms with E-state index in [-0.39, 0.29) is 11.7 Å². The van der Waals surface area contributed by atoms with Crippen LogP contribution in [0.15, 0.2) is 48.5 Å². The van der Waals surface area contributed by atoms with Gasteiger partial charge in [0.15, 0.2) is 0 Å². The number of amides is 1. The van der Waals surface area contributed by atoms with E-state index in [9.17, 15) is 9.18 Å². The van der Waals surface area contributed by atoms with Gasteiger partial charge in [0, 0.05) is 7.05 Å². The minimum Gasteiger partial charge on any atom is -0.497 e. The van der Waals surface area contributed by atoms with Gasteiger partial charge >= 0.3 is 0 Å². The third-order valence-electron chi connectivity index (χ3n) is 4.68. The Morgan fingerprint density at radius 2 is 1.69 bits per heavy atom. The number of aromatic nitrogens is 2. The van der Waals surface area contributed by atoms with Gasteiger partial charge in [0.25, 0.3) is 5.91 Å². The lowest BCUT2D eigenvalue weighted by molar-refractivity contribution is 0.0772. The summed E-state index contributed by atoms with van der Waals surface area (Å²) in [5.74, 6) is 1.02. The largest absolute Gasteiger partial charge is 0.497 e. The Bertz CT molecular complexity index is 982. The molecule has 1 amide bonds. The Hall–Kier alpha value is -3.35. The second-order valence-corrected chi connectivity index (χ2v) is 6.68. The van der Waals surface area contributed by atoms with Crippen LogP contribution in [0, 0.1) is 19.7 Å². The molecule has 3 rings (SSSR count). The summed E-state index contributed by atoms with van der Waals surface area (Å²) < 4.78 is 25.7. The first-order valence-electron chi connectivity index (χ1n) is 9.25. The van der Waals surface area contributed by atoms with Gasteiger partial charge in [0.1, 0.15) is 23.9 Å². The number of likely N-dealkylation sites (N-methyl/N-ethyl adjacent to an activating group) is 1. The first-order valence-corrected chi connectivity index (χ1v) is 9.25. The van der Waals surface area contributed by atoms with Gasteiger partial charge in [-0.15, -0.1) is 0 Å². The van der Waals surface area contributed by atoms with Crippen LogP contribution in [-0.2, 0) is 0 Å². The molecule has 0 saturated carbocycles. The van der Waals surface area contributed by atoms with Crippen LogP contribution >= 0.6 is 0 Å². The maximum absolute atomic E-state index is 13.2. The second-order valence-electron chi connectivity index (χ2n) is 6.68. The normalized spacial score (nSPS) is 10.7. The van der Waals surface area contributed by atoms with Crippen molar-refractivity contribution in [2.45, 2.75) is 13.8 Å². The van der Waals surface area contributed by atoms with Crippen molar-refractivity contribution in [3.05, 3.63) is 71.3 Å². The number of rotatable bonds is 7. The van der Waals surface area contributed by atoms with Crippen LogP contribution in [0.5, 0.6) is 11.5 Å². The Morgan fingerprint density at radius 1 is 1.07 bits per heavy atom. The molecule has 152 valence electrons. The molecule has 0 fully saturated rings. The van der Waals surface area contributed by atoms with Gasteiger partial charge in [-0.3, -0.25) is 4.79 Å². The van der Waals surface area contributed by atoms with Crippen LogP contribution in [0.3, 0.4) is 0 Å². The molecule has 0 saturated heterocycles. The average molecular weight is 397 g/mol. The Balaban J connectivity index is 1.66. The number of carbonyl (C=O) groups is 1. The smallest absolute Gasteiger partial charge is 0.257 e. The van der Waals surface area contributed by atoms with E-state index < -0.39 is 0 Å². The van der Waals surface area contributed by atoms with Gasteiger partial charge in [-0.25, -0.2) is 9.07 Å². The number of benzene rings is 2. The predicted molar refractivity (Wildman–Crippen MR) is 108 cm³/mol. The third-order valence-corrected chi connectivity index (χ3v) is 4.68. The summed E-state index contributed by atoms with van der Waals surface area (Å²) >= 11 is 0. The first kappa shape index (κ1) is 20.4. The van der Waals surface area contributed by atoms with Gasteiger partial charge in [0.05, 0.1) is 36.3 Å². The number of carbonyl (C=O) groups excluding carboxylic acids is 1. The molecule has 0 atom stereocenters. The third kappa shape index (κ3) is 4.56. The van der Waals surface area contributed by atoms with Crippen LogP contribution in [-0.4, -0.2) is 47.9 Å². The summed E-state index contributed by atoms with van der Waals surface area (Å²) in [6, 6.07) is 13.3. The van der Waals surface area contributed by atoms with E-state index >= 15 is 0 Å². The number of aryl methyl sites for hydroxylation is 1. The summed E-state index contributed by atoms with van der Waals surface area (Å²) in [4.78, 5) is 14.6. The maximum Gasteiger partial charge on any atom is 0.257 e. The molecule has 0 N–H and O–H groups in total. The lowest BCUT2D eigenvalue weighted by Crippen LogP contribution is -2.31. The van der Waals surface area contributed by atoms with Crippen molar-refractivity contribution in [2.24, 2.45) is 0 Å². The maximum atomic E-state index is 13.2. The van der Waals surface area contributed by atoms with Gasteiger partial charge in [0.2, 0.25) is 0 Å². The zero-order valence-electron chi connectivity index (χ0n) is 17.0. The number of methoxy groups -OCH3 is 1. The summed E-state index contributed by atoms with van der Waals surface area (Å²) in [6.45, 7) is 4.41. The quantitative estimate of drug-likeness (QED) is 0.609. The van der Waals surface area contributed by atoms with Gasteiger partial charge in [-0.05, 0) is 62.4 Å². The molecule has 0 bridgehead atoms. The predicted octanol–water partition coefficient (Wildman–Crippen LogP) is 3.79. The highest BCUT2D eigenvalue weighted by Crippen LogP contribution is 2.20. The molecule has 0 aliphatic heterocycles. The number of halogens is 1. The molecular weight excluding hydrogens is 373 g/mol. The fourth-order valence-corrected chi connectivity index (χ4v) is 3.05. The summed E-state index contributed by atoms with van der Waals surface area (Å²) in [5.41, 5.74) is 2.58. The van der Waals surface area contributed by atoms with Crippen molar-refractivity contribution < 1.29 is 18.7 Å². The van der Waals surface area contributed by atoms with E-state index in [2.05, 4.69) is 5.10 Å². The molecule has 3 aromatic rings. The molecule has 0 aliphatic rings. The summed E-state index contributed by atoms with van der Waals surface area (Å²) in [5, 5.41) is 4.46. The molecule has 2 aromatic carbocycles. The fourth-order valence-electron chi connectivity index (χ4n) is 3.05. The van der Waals surface area contributed by atoms with E-state index in [1.54, 1.807) is 42.8 Å². The molecule has 29 heavy (non-hydrogen) atoms. The van der Waals surface area contributed by atoms with Gasteiger partial charge in [-0.2, -0.15) is 5.10 Å². The second kappa shape index (κ2) is 8.77. The van der Waals surface area contributed by atoms with Crippen LogP contribution < -0.4 is 9.47 Å². The number of hydrogen-bond acceptors (Lipinski definition) is 4. The average Bonchev–Trinajstić information content (AvgIpc) is 3.02. The standard InChI is InChI=1S/C22H24FN3O3/c1-15-21(16(2)26(24-15)18-7-5-17(23)6-8-18)22(27)25(3)13-14-29-20-11-9-19(28-4)10-12-20/h5-12H,13-14H2,1-4H3. The molecule has 6 nitrogen and oxygen atoms in total. The van der Waals surface area contributed by atoms with Crippen molar-refractivity contribution in [3.63, 3.8) is 0 Å². The highest BCUT2D eigenvalue weighted by molar-refractivity contribution is 5.96. The van der Waals surface area contributed by atoms with E-state index in [0.29, 0.717) is 41.5 Å². The van der Waals surface area contributed by atoms with Gasteiger partial charge < -0.3 is 14.4 Å². The zero-order valence-corrected chi connectivity index (χ0v) is 17.0. The molecule has 0 unspecified atom stereocenters. The molecule has 7 heteroatoms. The Labute approximate surface area is 169 Å². The Kier molecular flexibility index (Phi) is 6.16. The monoisotopic (exact) mass is 397 g/mol. The number of nitrogens with zero attached hydrogens (tertiary/aromatic N) is 3. The zero-order chi connectivity index (χ0) is 21.0.